The molecule has 1 aromatic carbocycles. The van der Waals surface area contributed by atoms with Crippen LogP contribution in [0, 0.1) is 11.3 Å². The van der Waals surface area contributed by atoms with Gasteiger partial charge in [-0.25, -0.2) is 0 Å². The number of hydrogen-bond acceptors (Lipinski definition) is 5. The number of anilines is 2. The van der Waals surface area contributed by atoms with Crippen LogP contribution in [0.4, 0.5) is 11.5 Å². The zero-order chi connectivity index (χ0) is 12.8. The summed E-state index contributed by atoms with van der Waals surface area (Å²) in [6.45, 7) is 2.59. The van der Waals surface area contributed by atoms with Crippen molar-refractivity contribution in [3.8, 4) is 11.8 Å². The number of nitrogens with zero attached hydrogens (tertiary/aromatic N) is 3. The van der Waals surface area contributed by atoms with Crippen LogP contribution < -0.4 is 10.1 Å². The summed E-state index contributed by atoms with van der Waals surface area (Å²) in [5.74, 6) is 1.42. The molecule has 0 atom stereocenters. The van der Waals surface area contributed by atoms with Crippen LogP contribution in [0.3, 0.4) is 0 Å². The number of aromatic nitrogens is 2. The molecule has 0 saturated heterocycles. The second-order valence-corrected chi connectivity index (χ2v) is 3.50. The van der Waals surface area contributed by atoms with E-state index >= 15 is 0 Å². The van der Waals surface area contributed by atoms with E-state index in [9.17, 15) is 0 Å². The van der Waals surface area contributed by atoms with E-state index in [-0.39, 0.29) is 0 Å². The average molecular weight is 240 g/mol. The molecule has 1 N–H and O–H groups in total. The SMILES string of the molecule is CCOc1ccc(Nc2ccc(C#N)nn2)cc1. The third kappa shape index (κ3) is 2.95. The Morgan fingerprint density at radius 3 is 2.50 bits per heavy atom. The summed E-state index contributed by atoms with van der Waals surface area (Å²) in [5.41, 5.74) is 1.18. The quantitative estimate of drug-likeness (QED) is 0.889. The fourth-order valence-electron chi connectivity index (χ4n) is 1.41. The van der Waals surface area contributed by atoms with Crippen molar-refractivity contribution >= 4 is 11.5 Å². The molecule has 0 radical (unpaired) electrons. The minimum absolute atomic E-state index is 0.298. The normalized spacial score (nSPS) is 9.56. The molecule has 5 nitrogen and oxygen atoms in total. The number of rotatable bonds is 4. The molecule has 0 saturated carbocycles. The molecule has 90 valence electrons. The molecular weight excluding hydrogens is 228 g/mol. The predicted molar refractivity (Wildman–Crippen MR) is 67.6 cm³/mol. The first-order chi connectivity index (χ1) is 8.81. The van der Waals surface area contributed by atoms with Crippen molar-refractivity contribution in [1.29, 1.82) is 5.26 Å². The van der Waals surface area contributed by atoms with Gasteiger partial charge in [0.25, 0.3) is 0 Å². The topological polar surface area (TPSA) is 70.8 Å². The Hall–Kier alpha value is -2.61. The van der Waals surface area contributed by atoms with E-state index in [1.807, 2.05) is 37.3 Å². The molecule has 18 heavy (non-hydrogen) atoms. The van der Waals surface area contributed by atoms with Gasteiger partial charge in [0.05, 0.1) is 6.61 Å². The molecule has 5 heteroatoms. The van der Waals surface area contributed by atoms with Gasteiger partial charge in [-0.15, -0.1) is 10.2 Å². The Morgan fingerprint density at radius 2 is 1.94 bits per heavy atom. The fraction of sp³-hybridized carbons (Fsp3) is 0.154. The molecule has 2 rings (SSSR count). The summed E-state index contributed by atoms with van der Waals surface area (Å²) in [7, 11) is 0. The summed E-state index contributed by atoms with van der Waals surface area (Å²) in [5, 5.41) is 19.3. The Labute approximate surface area is 105 Å². The third-order valence-corrected chi connectivity index (χ3v) is 2.22. The highest BCUT2D eigenvalue weighted by molar-refractivity contribution is 5.56. The Kier molecular flexibility index (Phi) is 3.72. The van der Waals surface area contributed by atoms with Crippen LogP contribution in [0.5, 0.6) is 5.75 Å². The minimum atomic E-state index is 0.298. The highest BCUT2D eigenvalue weighted by atomic mass is 16.5. The number of ether oxygens (including phenoxy) is 1. The number of nitriles is 1. The van der Waals surface area contributed by atoms with Crippen LogP contribution in [0.25, 0.3) is 0 Å². The van der Waals surface area contributed by atoms with Gasteiger partial charge in [-0.1, -0.05) is 0 Å². The van der Waals surface area contributed by atoms with Gasteiger partial charge in [0.2, 0.25) is 0 Å². The van der Waals surface area contributed by atoms with E-state index in [0.29, 0.717) is 18.1 Å². The van der Waals surface area contributed by atoms with Crippen molar-refractivity contribution in [2.45, 2.75) is 6.92 Å². The highest BCUT2D eigenvalue weighted by Crippen LogP contribution is 2.18. The van der Waals surface area contributed by atoms with Crippen molar-refractivity contribution in [2.24, 2.45) is 0 Å². The van der Waals surface area contributed by atoms with Gasteiger partial charge in [-0.3, -0.25) is 0 Å². The molecule has 1 aromatic heterocycles. The van der Waals surface area contributed by atoms with Gasteiger partial charge >= 0.3 is 0 Å². The van der Waals surface area contributed by atoms with E-state index in [4.69, 9.17) is 10.00 Å². The second kappa shape index (κ2) is 5.64. The van der Waals surface area contributed by atoms with Gasteiger partial charge < -0.3 is 10.1 Å². The fourth-order valence-corrected chi connectivity index (χ4v) is 1.41. The van der Waals surface area contributed by atoms with Crippen molar-refractivity contribution in [3.63, 3.8) is 0 Å². The van der Waals surface area contributed by atoms with Gasteiger partial charge in [-0.05, 0) is 43.3 Å². The number of benzene rings is 1. The van der Waals surface area contributed by atoms with Crippen LogP contribution in [0.2, 0.25) is 0 Å². The van der Waals surface area contributed by atoms with Crippen molar-refractivity contribution < 1.29 is 4.74 Å². The van der Waals surface area contributed by atoms with E-state index in [2.05, 4.69) is 15.5 Å². The lowest BCUT2D eigenvalue weighted by atomic mass is 10.3. The standard InChI is InChI=1S/C13H12N4O/c1-2-18-12-6-3-10(4-7-12)15-13-8-5-11(9-14)16-17-13/h3-8H,2H2,1H3,(H,15,17). The lowest BCUT2D eigenvalue weighted by molar-refractivity contribution is 0.340. The maximum Gasteiger partial charge on any atom is 0.163 e. The monoisotopic (exact) mass is 240 g/mol. The largest absolute Gasteiger partial charge is 0.494 e. The highest BCUT2D eigenvalue weighted by Gasteiger charge is 1.98. The van der Waals surface area contributed by atoms with E-state index in [0.717, 1.165) is 11.4 Å². The summed E-state index contributed by atoms with van der Waals surface area (Å²) in [6.07, 6.45) is 0. The van der Waals surface area contributed by atoms with Gasteiger partial charge in [0.15, 0.2) is 11.5 Å². The van der Waals surface area contributed by atoms with E-state index in [1.54, 1.807) is 12.1 Å². The molecule has 0 bridgehead atoms. The van der Waals surface area contributed by atoms with Gasteiger partial charge in [0, 0.05) is 5.69 Å². The first kappa shape index (κ1) is 11.9. The lowest BCUT2D eigenvalue weighted by Crippen LogP contribution is -1.97. The molecule has 0 spiro atoms. The van der Waals surface area contributed by atoms with Crippen molar-refractivity contribution in [3.05, 3.63) is 42.1 Å². The minimum Gasteiger partial charge on any atom is -0.494 e. The molecular formula is C13H12N4O. The third-order valence-electron chi connectivity index (χ3n) is 2.22. The predicted octanol–water partition coefficient (Wildman–Crippen LogP) is 2.49. The Bertz CT molecular complexity index is 543. The molecule has 0 amide bonds. The zero-order valence-corrected chi connectivity index (χ0v) is 9.92. The van der Waals surface area contributed by atoms with E-state index < -0.39 is 0 Å². The lowest BCUT2D eigenvalue weighted by Gasteiger charge is -2.06. The first-order valence-electron chi connectivity index (χ1n) is 5.55. The molecule has 1 heterocycles. The molecule has 0 aliphatic rings. The summed E-state index contributed by atoms with van der Waals surface area (Å²) in [6, 6.07) is 12.8. The summed E-state index contributed by atoms with van der Waals surface area (Å²) >= 11 is 0. The molecule has 0 aliphatic heterocycles. The van der Waals surface area contributed by atoms with Crippen LogP contribution in [0.15, 0.2) is 36.4 Å². The van der Waals surface area contributed by atoms with Gasteiger partial charge in [-0.2, -0.15) is 5.26 Å². The van der Waals surface area contributed by atoms with Crippen molar-refractivity contribution in [2.75, 3.05) is 11.9 Å². The average Bonchev–Trinajstić information content (AvgIpc) is 2.42. The van der Waals surface area contributed by atoms with Crippen LogP contribution in [0.1, 0.15) is 12.6 Å². The van der Waals surface area contributed by atoms with E-state index in [1.165, 1.54) is 0 Å². The zero-order valence-electron chi connectivity index (χ0n) is 9.92. The molecule has 2 aromatic rings. The van der Waals surface area contributed by atoms with Crippen molar-refractivity contribution in [1.82, 2.24) is 10.2 Å². The smallest absolute Gasteiger partial charge is 0.163 e. The van der Waals surface area contributed by atoms with Crippen LogP contribution >= 0.6 is 0 Å². The summed E-state index contributed by atoms with van der Waals surface area (Å²) < 4.78 is 5.35. The maximum absolute atomic E-state index is 8.61. The Morgan fingerprint density at radius 1 is 1.17 bits per heavy atom. The summed E-state index contributed by atoms with van der Waals surface area (Å²) in [4.78, 5) is 0. The maximum atomic E-state index is 8.61. The number of nitrogens with one attached hydrogen (secondary N) is 1. The molecule has 0 unspecified atom stereocenters. The van der Waals surface area contributed by atoms with Crippen LogP contribution in [-0.2, 0) is 0 Å². The van der Waals surface area contributed by atoms with Gasteiger partial charge in [0.1, 0.15) is 11.8 Å². The Balaban J connectivity index is 2.06. The van der Waals surface area contributed by atoms with Crippen LogP contribution in [-0.4, -0.2) is 16.8 Å². The number of hydrogen-bond donors (Lipinski definition) is 1. The molecule has 0 aliphatic carbocycles. The second-order valence-electron chi connectivity index (χ2n) is 3.50. The molecule has 0 fully saturated rings. The first-order valence-corrected chi connectivity index (χ1v) is 5.55.